The van der Waals surface area contributed by atoms with Crippen molar-refractivity contribution in [1.29, 1.82) is 0 Å². The molecule has 0 aliphatic carbocycles. The highest BCUT2D eigenvalue weighted by Crippen LogP contribution is 2.36. The van der Waals surface area contributed by atoms with E-state index in [0.29, 0.717) is 0 Å². The van der Waals surface area contributed by atoms with Gasteiger partial charge in [0.2, 0.25) is 0 Å². The van der Waals surface area contributed by atoms with Crippen molar-refractivity contribution in [2.45, 2.75) is 44.7 Å². The first-order valence-electron chi connectivity index (χ1n) is 4.14. The standard InChI is InChI=1S/C8H14O4/c1-8(2)11-5-4-6(9-3)10-7(5)12-8/h5-7H,4H2,1-3H3/t5-,6+,7?/m1/s1. The number of hydrogen-bond donors (Lipinski definition) is 0. The predicted molar refractivity (Wildman–Crippen MR) is 40.3 cm³/mol. The van der Waals surface area contributed by atoms with Gasteiger partial charge in [0.25, 0.3) is 0 Å². The van der Waals surface area contributed by atoms with Crippen molar-refractivity contribution in [3.05, 3.63) is 0 Å². The minimum atomic E-state index is -0.506. The molecule has 1 unspecified atom stereocenters. The topological polar surface area (TPSA) is 36.9 Å². The first kappa shape index (κ1) is 8.44. The van der Waals surface area contributed by atoms with Crippen LogP contribution in [0.5, 0.6) is 0 Å². The maximum Gasteiger partial charge on any atom is 0.190 e. The fraction of sp³-hybridized carbons (Fsp3) is 1.00. The smallest absolute Gasteiger partial charge is 0.190 e. The van der Waals surface area contributed by atoms with Gasteiger partial charge < -0.3 is 18.9 Å². The lowest BCUT2D eigenvalue weighted by Gasteiger charge is -2.19. The van der Waals surface area contributed by atoms with Crippen molar-refractivity contribution >= 4 is 0 Å². The minimum Gasteiger partial charge on any atom is -0.356 e. The lowest BCUT2D eigenvalue weighted by molar-refractivity contribution is -0.239. The Bertz CT molecular complexity index is 164. The molecule has 0 bridgehead atoms. The van der Waals surface area contributed by atoms with Crippen LogP contribution in [0.15, 0.2) is 0 Å². The van der Waals surface area contributed by atoms with Crippen LogP contribution >= 0.6 is 0 Å². The first-order valence-corrected chi connectivity index (χ1v) is 4.14. The maximum absolute atomic E-state index is 5.58. The Morgan fingerprint density at radius 2 is 2.08 bits per heavy atom. The van der Waals surface area contributed by atoms with Gasteiger partial charge in [-0.3, -0.25) is 0 Å². The third-order valence-electron chi connectivity index (χ3n) is 2.11. The van der Waals surface area contributed by atoms with Gasteiger partial charge >= 0.3 is 0 Å². The zero-order chi connectivity index (χ0) is 8.77. The number of methoxy groups -OCH3 is 1. The highest BCUT2D eigenvalue weighted by Gasteiger charge is 2.48. The minimum absolute atomic E-state index is 0.0324. The van der Waals surface area contributed by atoms with Gasteiger partial charge in [-0.15, -0.1) is 0 Å². The van der Waals surface area contributed by atoms with E-state index in [0.717, 1.165) is 6.42 Å². The van der Waals surface area contributed by atoms with Crippen LogP contribution in [0.4, 0.5) is 0 Å². The summed E-state index contributed by atoms with van der Waals surface area (Å²) in [7, 11) is 1.62. The molecule has 2 saturated heterocycles. The van der Waals surface area contributed by atoms with Crippen LogP contribution in [-0.4, -0.2) is 31.6 Å². The van der Waals surface area contributed by atoms with Crippen molar-refractivity contribution in [1.82, 2.24) is 0 Å². The molecule has 0 saturated carbocycles. The molecular weight excluding hydrogens is 160 g/mol. The molecule has 0 N–H and O–H groups in total. The second-order valence-corrected chi connectivity index (χ2v) is 3.58. The van der Waals surface area contributed by atoms with Gasteiger partial charge in [-0.25, -0.2) is 0 Å². The van der Waals surface area contributed by atoms with Crippen LogP contribution in [0.3, 0.4) is 0 Å². The molecule has 3 atom stereocenters. The number of fused-ring (bicyclic) bond motifs is 1. The summed E-state index contributed by atoms with van der Waals surface area (Å²) in [6.07, 6.45) is 0.371. The summed E-state index contributed by atoms with van der Waals surface area (Å²) < 4.78 is 21.5. The van der Waals surface area contributed by atoms with Crippen LogP contribution in [0.1, 0.15) is 20.3 Å². The molecule has 2 aliphatic rings. The van der Waals surface area contributed by atoms with Crippen LogP contribution in [0, 0.1) is 0 Å². The van der Waals surface area contributed by atoms with Crippen LogP contribution < -0.4 is 0 Å². The quantitative estimate of drug-likeness (QED) is 0.590. The van der Waals surface area contributed by atoms with Gasteiger partial charge in [-0.1, -0.05) is 0 Å². The van der Waals surface area contributed by atoms with Crippen molar-refractivity contribution in [2.75, 3.05) is 7.11 Å². The molecule has 12 heavy (non-hydrogen) atoms. The van der Waals surface area contributed by atoms with E-state index < -0.39 is 5.79 Å². The van der Waals surface area contributed by atoms with Gasteiger partial charge in [0.15, 0.2) is 18.4 Å². The monoisotopic (exact) mass is 174 g/mol. The molecule has 2 heterocycles. The fourth-order valence-corrected chi connectivity index (χ4v) is 1.62. The summed E-state index contributed by atoms with van der Waals surface area (Å²) in [6, 6.07) is 0. The Kier molecular flexibility index (Phi) is 1.88. The zero-order valence-corrected chi connectivity index (χ0v) is 7.57. The van der Waals surface area contributed by atoms with Crippen molar-refractivity contribution in [3.63, 3.8) is 0 Å². The highest BCUT2D eigenvalue weighted by atomic mass is 16.9. The molecule has 2 aliphatic heterocycles. The Morgan fingerprint density at radius 1 is 1.33 bits per heavy atom. The molecule has 0 aromatic carbocycles. The van der Waals surface area contributed by atoms with Gasteiger partial charge in [-0.05, 0) is 13.8 Å². The van der Waals surface area contributed by atoms with E-state index in [-0.39, 0.29) is 18.7 Å². The SMILES string of the molecule is CO[C@@H]1C[C@H]2OC(C)(C)OC2O1. The molecule has 2 fully saturated rings. The third-order valence-corrected chi connectivity index (χ3v) is 2.11. The van der Waals surface area contributed by atoms with Gasteiger partial charge in [0.05, 0.1) is 0 Å². The number of rotatable bonds is 1. The average molecular weight is 174 g/mol. The lowest BCUT2D eigenvalue weighted by Crippen LogP contribution is -2.25. The fourth-order valence-electron chi connectivity index (χ4n) is 1.62. The molecule has 4 heteroatoms. The molecule has 0 aromatic heterocycles. The Labute approximate surface area is 71.7 Å². The van der Waals surface area contributed by atoms with Gasteiger partial charge in [0.1, 0.15) is 6.10 Å². The summed E-state index contributed by atoms with van der Waals surface area (Å²) in [6.45, 7) is 3.77. The summed E-state index contributed by atoms with van der Waals surface area (Å²) >= 11 is 0. The van der Waals surface area contributed by atoms with E-state index in [2.05, 4.69) is 0 Å². The van der Waals surface area contributed by atoms with E-state index in [9.17, 15) is 0 Å². The average Bonchev–Trinajstić information content (AvgIpc) is 2.40. The summed E-state index contributed by atoms with van der Waals surface area (Å²) in [4.78, 5) is 0. The van der Waals surface area contributed by atoms with Gasteiger partial charge in [-0.2, -0.15) is 0 Å². The Balaban J connectivity index is 1.97. The zero-order valence-electron chi connectivity index (χ0n) is 7.57. The van der Waals surface area contributed by atoms with Crippen molar-refractivity contribution in [2.24, 2.45) is 0 Å². The molecular formula is C8H14O4. The molecule has 4 nitrogen and oxygen atoms in total. The Morgan fingerprint density at radius 3 is 2.67 bits per heavy atom. The van der Waals surface area contributed by atoms with E-state index in [1.54, 1.807) is 7.11 Å². The number of hydrogen-bond acceptors (Lipinski definition) is 4. The van der Waals surface area contributed by atoms with E-state index in [4.69, 9.17) is 18.9 Å². The van der Waals surface area contributed by atoms with E-state index >= 15 is 0 Å². The van der Waals surface area contributed by atoms with Crippen molar-refractivity contribution in [3.8, 4) is 0 Å². The van der Waals surface area contributed by atoms with E-state index in [1.807, 2.05) is 13.8 Å². The molecule has 0 aromatic rings. The maximum atomic E-state index is 5.58. The second kappa shape index (κ2) is 2.67. The molecule has 0 radical (unpaired) electrons. The third kappa shape index (κ3) is 1.35. The molecule has 0 amide bonds. The molecule has 0 spiro atoms. The lowest BCUT2D eigenvalue weighted by atomic mass is 10.3. The van der Waals surface area contributed by atoms with Gasteiger partial charge in [0, 0.05) is 13.5 Å². The van der Waals surface area contributed by atoms with E-state index in [1.165, 1.54) is 0 Å². The normalized spacial score (nSPS) is 44.8. The summed E-state index contributed by atoms with van der Waals surface area (Å²) in [5.41, 5.74) is 0. The molecule has 70 valence electrons. The summed E-state index contributed by atoms with van der Waals surface area (Å²) in [5, 5.41) is 0. The summed E-state index contributed by atoms with van der Waals surface area (Å²) in [5.74, 6) is -0.506. The van der Waals surface area contributed by atoms with Crippen molar-refractivity contribution < 1.29 is 18.9 Å². The van der Waals surface area contributed by atoms with Crippen LogP contribution in [-0.2, 0) is 18.9 Å². The highest BCUT2D eigenvalue weighted by molar-refractivity contribution is 4.81. The largest absolute Gasteiger partial charge is 0.356 e. The van der Waals surface area contributed by atoms with Crippen LogP contribution in [0.2, 0.25) is 0 Å². The predicted octanol–water partition coefficient (Wildman–Crippen LogP) is 0.857. The molecule has 2 rings (SSSR count). The van der Waals surface area contributed by atoms with Crippen LogP contribution in [0.25, 0.3) is 0 Å². The number of ether oxygens (including phenoxy) is 4. The second-order valence-electron chi connectivity index (χ2n) is 3.58. The Hall–Kier alpha value is -0.160. The first-order chi connectivity index (χ1) is 5.61.